The van der Waals surface area contributed by atoms with Crippen LogP contribution in [-0.2, 0) is 28.6 Å². The SMILES string of the molecule is CC/C=C\C/C=C\C/C=C\C/C=C\C/C=C\C/C=C\CCCCCCCCCCCCC(=O)OCC(COC(=O)CCCCCCC/C=C\C/C=C\CCC)OC(=O)CCCCCCCCCCCCC/C=C\C/C=C\CCCCCCC. The van der Waals surface area contributed by atoms with E-state index in [0.29, 0.717) is 19.3 Å². The average Bonchev–Trinajstić information content (AvgIpc) is 3.49. The molecule has 0 heterocycles. The molecule has 0 aromatic heterocycles. The molecule has 0 aliphatic carbocycles. The van der Waals surface area contributed by atoms with E-state index >= 15 is 0 Å². The number of allylic oxidation sites excluding steroid dienone is 20. The highest BCUT2D eigenvalue weighted by Crippen LogP contribution is 2.16. The molecule has 6 heteroatoms. The minimum absolute atomic E-state index is 0.0863. The van der Waals surface area contributed by atoms with Crippen LogP contribution in [-0.4, -0.2) is 37.2 Å². The van der Waals surface area contributed by atoms with E-state index in [1.54, 1.807) is 0 Å². The molecule has 83 heavy (non-hydrogen) atoms. The van der Waals surface area contributed by atoms with Crippen molar-refractivity contribution >= 4 is 17.9 Å². The zero-order valence-corrected chi connectivity index (χ0v) is 54.4. The molecule has 0 bridgehead atoms. The first-order chi connectivity index (χ1) is 41.0. The molecule has 0 saturated carbocycles. The molecule has 474 valence electrons. The van der Waals surface area contributed by atoms with Crippen molar-refractivity contribution in [3.63, 3.8) is 0 Å². The molecule has 1 unspecified atom stereocenters. The monoisotopic (exact) mass is 1150 g/mol. The van der Waals surface area contributed by atoms with Crippen molar-refractivity contribution in [1.82, 2.24) is 0 Å². The summed E-state index contributed by atoms with van der Waals surface area (Å²) < 4.78 is 17.0. The van der Waals surface area contributed by atoms with Gasteiger partial charge >= 0.3 is 17.9 Å². The number of ether oxygens (including phenoxy) is 3. The summed E-state index contributed by atoms with van der Waals surface area (Å²) in [6.45, 7) is 6.46. The standard InChI is InChI=1S/C77H130O6/c1-4-7-10-13-16-19-22-25-27-29-31-33-35-36-37-38-39-40-42-43-45-47-49-52-55-58-61-64-67-70-76(79)82-73-74(72-81-75(78)69-66-63-60-57-54-51-24-21-18-15-12-9-6-3)83-77(80)71-68-65-62-59-56-53-50-48-46-44-41-34-32-30-28-26-23-20-17-14-11-8-5-2/h7,10,12,15-16,19,21,23-27,30-33,36-37,39-40,74H,4-6,8-9,11,13-14,17-18,20,22,28-29,34-35,38,41-73H2,1-3H3/b10-7-,15-12-,19-16-,24-21-,26-23-,27-25-,32-30-,33-31-,37-36-,40-39-. The van der Waals surface area contributed by atoms with Crippen LogP contribution in [0.2, 0.25) is 0 Å². The van der Waals surface area contributed by atoms with Crippen molar-refractivity contribution < 1.29 is 28.6 Å². The molecule has 0 aromatic carbocycles. The smallest absolute Gasteiger partial charge is 0.306 e. The van der Waals surface area contributed by atoms with E-state index < -0.39 is 6.10 Å². The molecule has 0 aromatic rings. The lowest BCUT2D eigenvalue weighted by molar-refractivity contribution is -0.167. The number of hydrogen-bond donors (Lipinski definition) is 0. The van der Waals surface area contributed by atoms with Gasteiger partial charge in [-0.3, -0.25) is 14.4 Å². The first-order valence-corrected chi connectivity index (χ1v) is 35.0. The van der Waals surface area contributed by atoms with E-state index in [9.17, 15) is 14.4 Å². The van der Waals surface area contributed by atoms with Crippen LogP contribution in [0.3, 0.4) is 0 Å². The Morgan fingerprint density at radius 2 is 0.494 bits per heavy atom. The molecule has 0 N–H and O–H groups in total. The van der Waals surface area contributed by atoms with Gasteiger partial charge in [-0.2, -0.15) is 0 Å². The minimum atomic E-state index is -0.791. The number of rotatable bonds is 63. The zero-order valence-electron chi connectivity index (χ0n) is 54.4. The Morgan fingerprint density at radius 3 is 0.783 bits per heavy atom. The van der Waals surface area contributed by atoms with Gasteiger partial charge < -0.3 is 14.2 Å². The first-order valence-electron chi connectivity index (χ1n) is 35.0. The molecule has 0 amide bonds. The van der Waals surface area contributed by atoms with Gasteiger partial charge in [0.1, 0.15) is 13.2 Å². The van der Waals surface area contributed by atoms with E-state index in [2.05, 4.69) is 142 Å². The second kappa shape index (κ2) is 70.3. The maximum absolute atomic E-state index is 13.0. The Balaban J connectivity index is 4.31. The maximum Gasteiger partial charge on any atom is 0.306 e. The Bertz CT molecular complexity index is 1700. The number of esters is 3. The van der Waals surface area contributed by atoms with Crippen LogP contribution in [0, 0.1) is 0 Å². The zero-order chi connectivity index (χ0) is 59.9. The van der Waals surface area contributed by atoms with Crippen LogP contribution >= 0.6 is 0 Å². The molecule has 6 nitrogen and oxygen atoms in total. The van der Waals surface area contributed by atoms with Crippen LogP contribution in [0.5, 0.6) is 0 Å². The normalized spacial score (nSPS) is 12.9. The van der Waals surface area contributed by atoms with Gasteiger partial charge in [0.25, 0.3) is 0 Å². The molecular weight excluding hydrogens is 1020 g/mol. The van der Waals surface area contributed by atoms with E-state index in [0.717, 1.165) is 135 Å². The van der Waals surface area contributed by atoms with Gasteiger partial charge in [0.05, 0.1) is 0 Å². The topological polar surface area (TPSA) is 78.9 Å². The van der Waals surface area contributed by atoms with Gasteiger partial charge in [0.15, 0.2) is 6.10 Å². The van der Waals surface area contributed by atoms with Crippen molar-refractivity contribution in [2.75, 3.05) is 13.2 Å². The second-order valence-electron chi connectivity index (χ2n) is 23.1. The minimum Gasteiger partial charge on any atom is -0.462 e. The van der Waals surface area contributed by atoms with Crippen LogP contribution in [0.1, 0.15) is 329 Å². The van der Waals surface area contributed by atoms with Crippen molar-refractivity contribution in [2.45, 2.75) is 335 Å². The predicted molar refractivity (Wildman–Crippen MR) is 362 cm³/mol. The van der Waals surface area contributed by atoms with Gasteiger partial charge in [-0.05, 0) is 128 Å². The van der Waals surface area contributed by atoms with Gasteiger partial charge in [0, 0.05) is 19.3 Å². The summed E-state index contributed by atoms with van der Waals surface area (Å²) in [6.07, 6.45) is 97.9. The van der Waals surface area contributed by atoms with Crippen molar-refractivity contribution in [1.29, 1.82) is 0 Å². The molecule has 0 fully saturated rings. The molecule has 0 saturated heterocycles. The third kappa shape index (κ3) is 68.5. The lowest BCUT2D eigenvalue weighted by Crippen LogP contribution is -2.30. The summed E-state index contributed by atoms with van der Waals surface area (Å²) in [6, 6.07) is 0. The molecule has 0 aliphatic rings. The van der Waals surface area contributed by atoms with Crippen molar-refractivity contribution in [3.05, 3.63) is 122 Å². The summed E-state index contributed by atoms with van der Waals surface area (Å²) in [7, 11) is 0. The number of unbranched alkanes of at least 4 members (excludes halogenated alkanes) is 32. The maximum atomic E-state index is 13.0. The van der Waals surface area contributed by atoms with Crippen LogP contribution < -0.4 is 0 Å². The summed E-state index contributed by atoms with van der Waals surface area (Å²) >= 11 is 0. The van der Waals surface area contributed by atoms with Crippen LogP contribution in [0.25, 0.3) is 0 Å². The molecule has 1 atom stereocenters. The fraction of sp³-hybridized carbons (Fsp3) is 0.701. The highest BCUT2D eigenvalue weighted by atomic mass is 16.6. The third-order valence-corrected chi connectivity index (χ3v) is 14.9. The van der Waals surface area contributed by atoms with Crippen molar-refractivity contribution in [2.24, 2.45) is 0 Å². The highest BCUT2D eigenvalue weighted by Gasteiger charge is 2.19. The van der Waals surface area contributed by atoms with Gasteiger partial charge in [-0.25, -0.2) is 0 Å². The Kier molecular flexibility index (Phi) is 66.7. The largest absolute Gasteiger partial charge is 0.462 e. The molecule has 0 spiro atoms. The Hall–Kier alpha value is -4.19. The third-order valence-electron chi connectivity index (χ3n) is 14.9. The fourth-order valence-electron chi connectivity index (χ4n) is 9.69. The number of carbonyl (C=O) groups excluding carboxylic acids is 3. The summed E-state index contributed by atoms with van der Waals surface area (Å²) in [5, 5.41) is 0. The summed E-state index contributed by atoms with van der Waals surface area (Å²) in [4.78, 5) is 38.4. The van der Waals surface area contributed by atoms with E-state index in [1.165, 1.54) is 154 Å². The van der Waals surface area contributed by atoms with Crippen molar-refractivity contribution in [3.8, 4) is 0 Å². The number of hydrogen-bond acceptors (Lipinski definition) is 6. The fourth-order valence-corrected chi connectivity index (χ4v) is 9.69. The van der Waals surface area contributed by atoms with Gasteiger partial charge in [-0.1, -0.05) is 303 Å². The molecular formula is C77H130O6. The number of carbonyl (C=O) groups is 3. The lowest BCUT2D eigenvalue weighted by Gasteiger charge is -2.18. The summed E-state index contributed by atoms with van der Waals surface area (Å²) in [5.41, 5.74) is 0. The van der Waals surface area contributed by atoms with Gasteiger partial charge in [-0.15, -0.1) is 0 Å². The lowest BCUT2D eigenvalue weighted by atomic mass is 10.0. The second-order valence-corrected chi connectivity index (χ2v) is 23.1. The Labute approximate surface area is 513 Å². The highest BCUT2D eigenvalue weighted by molar-refractivity contribution is 5.71. The van der Waals surface area contributed by atoms with E-state index in [-0.39, 0.29) is 31.1 Å². The molecule has 0 radical (unpaired) electrons. The molecule has 0 rings (SSSR count). The molecule has 0 aliphatic heterocycles. The van der Waals surface area contributed by atoms with Crippen LogP contribution in [0.15, 0.2) is 122 Å². The Morgan fingerprint density at radius 1 is 0.253 bits per heavy atom. The van der Waals surface area contributed by atoms with Crippen LogP contribution in [0.4, 0.5) is 0 Å². The predicted octanol–water partition coefficient (Wildman–Crippen LogP) is 24.3. The quantitative estimate of drug-likeness (QED) is 0.0261. The summed E-state index contributed by atoms with van der Waals surface area (Å²) in [5.74, 6) is -0.897. The van der Waals surface area contributed by atoms with Gasteiger partial charge in [0.2, 0.25) is 0 Å². The average molecular weight is 1150 g/mol. The van der Waals surface area contributed by atoms with E-state index in [1.807, 2.05) is 0 Å². The first kappa shape index (κ1) is 78.8. The van der Waals surface area contributed by atoms with E-state index in [4.69, 9.17) is 14.2 Å².